The summed E-state index contributed by atoms with van der Waals surface area (Å²) in [6.45, 7) is 1.56. The summed E-state index contributed by atoms with van der Waals surface area (Å²) in [6, 6.07) is 8.16. The smallest absolute Gasteiger partial charge is 0.254 e. The van der Waals surface area contributed by atoms with E-state index in [2.05, 4.69) is 6.07 Å². The second kappa shape index (κ2) is 6.61. The summed E-state index contributed by atoms with van der Waals surface area (Å²) in [5, 5.41) is 0. The summed E-state index contributed by atoms with van der Waals surface area (Å²) >= 11 is 0. The Morgan fingerprint density at radius 1 is 1.14 bits per heavy atom. The average Bonchev–Trinajstić information content (AvgIpc) is 2.69. The summed E-state index contributed by atoms with van der Waals surface area (Å²) in [6.07, 6.45) is 8.46. The molecule has 3 nitrogen and oxygen atoms in total. The Kier molecular flexibility index (Phi) is 4.59. The molecule has 1 heterocycles. The molecule has 0 radical (unpaired) electrons. The monoisotopic (exact) mass is 286 g/mol. The SMILES string of the molecule is NC(CN1CCCc2ccccc2C1=O)C1CCCCC1. The minimum absolute atomic E-state index is 0.138. The number of nitrogens with two attached hydrogens (primary N) is 1. The van der Waals surface area contributed by atoms with Crippen molar-refractivity contribution < 1.29 is 4.79 Å². The van der Waals surface area contributed by atoms with E-state index in [9.17, 15) is 4.79 Å². The summed E-state index contributed by atoms with van der Waals surface area (Å²) in [7, 11) is 0. The maximum atomic E-state index is 12.7. The predicted molar refractivity (Wildman–Crippen MR) is 85.2 cm³/mol. The zero-order valence-electron chi connectivity index (χ0n) is 12.8. The molecule has 21 heavy (non-hydrogen) atoms. The summed E-state index contributed by atoms with van der Waals surface area (Å²) < 4.78 is 0. The van der Waals surface area contributed by atoms with Gasteiger partial charge in [0.15, 0.2) is 0 Å². The first kappa shape index (κ1) is 14.6. The molecule has 1 unspecified atom stereocenters. The second-order valence-corrected chi connectivity index (χ2v) is 6.57. The van der Waals surface area contributed by atoms with Gasteiger partial charge in [0.1, 0.15) is 0 Å². The lowest BCUT2D eigenvalue weighted by molar-refractivity contribution is 0.0733. The van der Waals surface area contributed by atoms with E-state index in [4.69, 9.17) is 5.73 Å². The lowest BCUT2D eigenvalue weighted by Gasteiger charge is -2.32. The molecular formula is C18H26N2O. The van der Waals surface area contributed by atoms with E-state index in [0.29, 0.717) is 5.92 Å². The molecule has 1 aliphatic carbocycles. The van der Waals surface area contributed by atoms with E-state index < -0.39 is 0 Å². The van der Waals surface area contributed by atoms with Gasteiger partial charge in [0.2, 0.25) is 0 Å². The highest BCUT2D eigenvalue weighted by Gasteiger charge is 2.27. The number of amides is 1. The van der Waals surface area contributed by atoms with E-state index in [1.54, 1.807) is 0 Å². The van der Waals surface area contributed by atoms with Crippen molar-refractivity contribution in [3.8, 4) is 0 Å². The highest BCUT2D eigenvalue weighted by atomic mass is 16.2. The fourth-order valence-electron chi connectivity index (χ4n) is 3.82. The second-order valence-electron chi connectivity index (χ2n) is 6.57. The zero-order chi connectivity index (χ0) is 14.7. The maximum Gasteiger partial charge on any atom is 0.254 e. The molecule has 0 spiro atoms. The van der Waals surface area contributed by atoms with Crippen LogP contribution in [0, 0.1) is 5.92 Å². The minimum atomic E-state index is 0.138. The Hall–Kier alpha value is -1.35. The van der Waals surface area contributed by atoms with Crippen LogP contribution in [0.25, 0.3) is 0 Å². The van der Waals surface area contributed by atoms with E-state index in [-0.39, 0.29) is 11.9 Å². The van der Waals surface area contributed by atoms with Crippen molar-refractivity contribution in [3.63, 3.8) is 0 Å². The van der Waals surface area contributed by atoms with Crippen LogP contribution in [0.15, 0.2) is 24.3 Å². The maximum absolute atomic E-state index is 12.7. The molecule has 114 valence electrons. The zero-order valence-corrected chi connectivity index (χ0v) is 12.8. The fourth-order valence-corrected chi connectivity index (χ4v) is 3.82. The van der Waals surface area contributed by atoms with Crippen LogP contribution in [0.1, 0.15) is 54.4 Å². The normalized spacial score (nSPS) is 21.8. The number of hydrogen-bond acceptors (Lipinski definition) is 2. The molecular weight excluding hydrogens is 260 g/mol. The molecule has 2 N–H and O–H groups in total. The van der Waals surface area contributed by atoms with Crippen molar-refractivity contribution in [1.82, 2.24) is 4.90 Å². The van der Waals surface area contributed by atoms with Crippen LogP contribution in [-0.4, -0.2) is 29.9 Å². The number of hydrogen-bond donors (Lipinski definition) is 1. The molecule has 3 heteroatoms. The van der Waals surface area contributed by atoms with Gasteiger partial charge in [-0.3, -0.25) is 4.79 Å². The molecule has 3 rings (SSSR count). The number of nitrogens with zero attached hydrogens (tertiary/aromatic N) is 1. The van der Waals surface area contributed by atoms with Crippen LogP contribution in [0.5, 0.6) is 0 Å². The fraction of sp³-hybridized carbons (Fsp3) is 0.611. The third-order valence-electron chi connectivity index (χ3n) is 5.10. The van der Waals surface area contributed by atoms with E-state index in [1.807, 2.05) is 23.1 Å². The summed E-state index contributed by atoms with van der Waals surface area (Å²) in [4.78, 5) is 14.7. The molecule has 0 aromatic heterocycles. The van der Waals surface area contributed by atoms with Crippen LogP contribution < -0.4 is 5.73 Å². The average molecular weight is 286 g/mol. The third-order valence-corrected chi connectivity index (χ3v) is 5.10. The number of benzene rings is 1. The van der Waals surface area contributed by atoms with Crippen molar-refractivity contribution in [2.45, 2.75) is 51.0 Å². The molecule has 1 fully saturated rings. The number of aryl methyl sites for hydroxylation is 1. The first-order valence-corrected chi connectivity index (χ1v) is 8.38. The van der Waals surface area contributed by atoms with Gasteiger partial charge in [-0.05, 0) is 43.2 Å². The molecule has 1 atom stereocenters. The predicted octanol–water partition coefficient (Wildman–Crippen LogP) is 2.98. The molecule has 0 saturated heterocycles. The van der Waals surface area contributed by atoms with Gasteiger partial charge in [-0.25, -0.2) is 0 Å². The van der Waals surface area contributed by atoms with Crippen molar-refractivity contribution >= 4 is 5.91 Å². The van der Waals surface area contributed by atoms with Crippen LogP contribution in [-0.2, 0) is 6.42 Å². The molecule has 1 amide bonds. The van der Waals surface area contributed by atoms with Crippen molar-refractivity contribution in [3.05, 3.63) is 35.4 Å². The van der Waals surface area contributed by atoms with Gasteiger partial charge < -0.3 is 10.6 Å². The quantitative estimate of drug-likeness (QED) is 0.928. The van der Waals surface area contributed by atoms with Gasteiger partial charge >= 0.3 is 0 Å². The van der Waals surface area contributed by atoms with Crippen LogP contribution in [0.2, 0.25) is 0 Å². The molecule has 1 saturated carbocycles. The van der Waals surface area contributed by atoms with Crippen LogP contribution >= 0.6 is 0 Å². The first-order chi connectivity index (χ1) is 10.3. The number of carbonyl (C=O) groups is 1. The Morgan fingerprint density at radius 3 is 2.71 bits per heavy atom. The van der Waals surface area contributed by atoms with Crippen molar-refractivity contribution in [2.24, 2.45) is 11.7 Å². The van der Waals surface area contributed by atoms with Gasteiger partial charge in [0, 0.05) is 24.7 Å². The third kappa shape index (κ3) is 3.29. The largest absolute Gasteiger partial charge is 0.337 e. The minimum Gasteiger partial charge on any atom is -0.337 e. The van der Waals surface area contributed by atoms with Gasteiger partial charge in [0.05, 0.1) is 0 Å². The van der Waals surface area contributed by atoms with E-state index in [0.717, 1.165) is 31.5 Å². The van der Waals surface area contributed by atoms with E-state index in [1.165, 1.54) is 37.7 Å². The molecule has 1 aromatic carbocycles. The standard InChI is InChI=1S/C18H26N2O/c19-17(15-8-2-1-3-9-15)13-20-12-6-10-14-7-4-5-11-16(14)18(20)21/h4-5,7,11,15,17H,1-3,6,8-10,12-13,19H2. The van der Waals surface area contributed by atoms with Crippen LogP contribution in [0.4, 0.5) is 0 Å². The van der Waals surface area contributed by atoms with Gasteiger partial charge in [-0.2, -0.15) is 0 Å². The number of rotatable bonds is 3. The van der Waals surface area contributed by atoms with E-state index >= 15 is 0 Å². The lowest BCUT2D eigenvalue weighted by Crippen LogP contribution is -2.45. The topological polar surface area (TPSA) is 46.3 Å². The molecule has 1 aliphatic heterocycles. The van der Waals surface area contributed by atoms with Gasteiger partial charge in [-0.1, -0.05) is 37.5 Å². The first-order valence-electron chi connectivity index (χ1n) is 8.38. The van der Waals surface area contributed by atoms with Gasteiger partial charge in [0.25, 0.3) is 5.91 Å². The number of fused-ring (bicyclic) bond motifs is 1. The van der Waals surface area contributed by atoms with Crippen LogP contribution in [0.3, 0.4) is 0 Å². The summed E-state index contributed by atoms with van der Waals surface area (Å²) in [5.74, 6) is 0.777. The Bertz CT molecular complexity index is 494. The molecule has 2 aliphatic rings. The summed E-state index contributed by atoms with van der Waals surface area (Å²) in [5.41, 5.74) is 8.49. The number of carbonyl (C=O) groups excluding carboxylic acids is 1. The Balaban J connectivity index is 1.69. The van der Waals surface area contributed by atoms with Gasteiger partial charge in [-0.15, -0.1) is 0 Å². The van der Waals surface area contributed by atoms with Crippen molar-refractivity contribution in [1.29, 1.82) is 0 Å². The molecule has 0 bridgehead atoms. The highest BCUT2D eigenvalue weighted by molar-refractivity contribution is 5.96. The highest BCUT2D eigenvalue weighted by Crippen LogP contribution is 2.27. The van der Waals surface area contributed by atoms with Crippen molar-refractivity contribution in [2.75, 3.05) is 13.1 Å². The Morgan fingerprint density at radius 2 is 1.90 bits per heavy atom. The molecule has 1 aromatic rings. The Labute approximate surface area is 127 Å². The lowest BCUT2D eigenvalue weighted by atomic mass is 9.84.